The minimum Gasteiger partial charge on any atom is -0.368 e. The molecule has 0 amide bonds. The van der Waals surface area contributed by atoms with Crippen molar-refractivity contribution in [3.05, 3.63) is 40.7 Å². The Kier molecular flexibility index (Phi) is 2.96. The van der Waals surface area contributed by atoms with E-state index in [1.807, 2.05) is 6.92 Å². The van der Waals surface area contributed by atoms with Gasteiger partial charge in [0.15, 0.2) is 0 Å². The third kappa shape index (κ3) is 2.64. The van der Waals surface area contributed by atoms with Crippen molar-refractivity contribution in [1.82, 2.24) is 19.9 Å². The largest absolute Gasteiger partial charge is 0.368 e. The summed E-state index contributed by atoms with van der Waals surface area (Å²) in [5.74, 6) is 0.916. The van der Waals surface area contributed by atoms with Gasteiger partial charge >= 0.3 is 0 Å². The summed E-state index contributed by atoms with van der Waals surface area (Å²) in [4.78, 5) is 16.1. The second-order valence-electron chi connectivity index (χ2n) is 3.36. The van der Waals surface area contributed by atoms with E-state index in [-0.39, 0.29) is 5.95 Å². The number of hydrogen-bond acceptors (Lipinski definition) is 5. The molecule has 2 rings (SSSR count). The Labute approximate surface area is 97.7 Å². The van der Waals surface area contributed by atoms with Gasteiger partial charge in [-0.25, -0.2) is 19.9 Å². The Balaban J connectivity index is 2.23. The second kappa shape index (κ2) is 4.40. The first kappa shape index (κ1) is 10.8. The number of aryl methyl sites for hydroxylation is 1. The molecule has 82 valence electrons. The molecular formula is C10H10ClN5. The molecule has 2 aromatic rings. The fourth-order valence-electron chi connectivity index (χ4n) is 1.29. The molecule has 5 nitrogen and oxygen atoms in total. The zero-order valence-corrected chi connectivity index (χ0v) is 9.44. The monoisotopic (exact) mass is 235 g/mol. The maximum atomic E-state index is 5.78. The molecule has 0 aliphatic heterocycles. The van der Waals surface area contributed by atoms with Gasteiger partial charge in [-0.2, -0.15) is 0 Å². The van der Waals surface area contributed by atoms with Crippen LogP contribution < -0.4 is 5.73 Å². The van der Waals surface area contributed by atoms with Crippen LogP contribution in [0.2, 0.25) is 5.15 Å². The molecule has 0 saturated heterocycles. The minimum absolute atomic E-state index is 0.176. The Bertz CT molecular complexity index is 477. The van der Waals surface area contributed by atoms with Crippen LogP contribution in [0.15, 0.2) is 18.5 Å². The first-order valence-corrected chi connectivity index (χ1v) is 5.08. The molecule has 0 radical (unpaired) electrons. The summed E-state index contributed by atoms with van der Waals surface area (Å²) < 4.78 is 0. The van der Waals surface area contributed by atoms with Gasteiger partial charge in [-0.05, 0) is 18.6 Å². The first-order valence-electron chi connectivity index (χ1n) is 4.70. The van der Waals surface area contributed by atoms with Crippen LogP contribution in [0.25, 0.3) is 0 Å². The zero-order valence-electron chi connectivity index (χ0n) is 8.68. The Morgan fingerprint density at radius 3 is 2.56 bits per heavy atom. The molecule has 2 aromatic heterocycles. The molecule has 0 spiro atoms. The number of nitrogens with zero attached hydrogens (tertiary/aromatic N) is 4. The van der Waals surface area contributed by atoms with Crippen LogP contribution in [0.5, 0.6) is 0 Å². The van der Waals surface area contributed by atoms with Gasteiger partial charge in [0, 0.05) is 18.8 Å². The molecule has 2 heterocycles. The lowest BCUT2D eigenvalue weighted by Gasteiger charge is -2.02. The van der Waals surface area contributed by atoms with Crippen LogP contribution >= 0.6 is 11.6 Å². The fraction of sp³-hybridized carbons (Fsp3) is 0.200. The average molecular weight is 236 g/mol. The lowest BCUT2D eigenvalue weighted by atomic mass is 10.2. The highest BCUT2D eigenvalue weighted by molar-refractivity contribution is 6.29. The molecule has 16 heavy (non-hydrogen) atoms. The maximum Gasteiger partial charge on any atom is 0.221 e. The van der Waals surface area contributed by atoms with E-state index in [0.717, 1.165) is 17.1 Å². The van der Waals surface area contributed by atoms with Gasteiger partial charge in [-0.15, -0.1) is 0 Å². The minimum atomic E-state index is 0.176. The smallest absolute Gasteiger partial charge is 0.221 e. The molecule has 0 unspecified atom stereocenters. The number of aromatic nitrogens is 4. The van der Waals surface area contributed by atoms with E-state index in [1.54, 1.807) is 18.5 Å². The molecular weight excluding hydrogens is 226 g/mol. The van der Waals surface area contributed by atoms with Crippen molar-refractivity contribution in [2.75, 3.05) is 5.73 Å². The SMILES string of the molecule is Cc1ncc(Cc2cc(Cl)nc(N)n2)cn1. The summed E-state index contributed by atoms with van der Waals surface area (Å²) in [5.41, 5.74) is 7.21. The number of nitrogen functional groups attached to an aromatic ring is 1. The van der Waals surface area contributed by atoms with Gasteiger partial charge in [0.25, 0.3) is 0 Å². The van der Waals surface area contributed by atoms with Gasteiger partial charge in [0.1, 0.15) is 11.0 Å². The second-order valence-corrected chi connectivity index (χ2v) is 3.74. The molecule has 0 bridgehead atoms. The standard InChI is InChI=1S/C10H10ClN5/c1-6-13-4-7(5-14-6)2-8-3-9(11)16-10(12)15-8/h3-5H,2H2,1H3,(H2,12,15,16). The normalized spacial score (nSPS) is 10.4. The number of rotatable bonds is 2. The Hall–Kier alpha value is -1.75. The van der Waals surface area contributed by atoms with Crippen LogP contribution in [0.3, 0.4) is 0 Å². The topological polar surface area (TPSA) is 77.6 Å². The molecule has 6 heteroatoms. The first-order chi connectivity index (χ1) is 7.63. The van der Waals surface area contributed by atoms with E-state index < -0.39 is 0 Å². The number of anilines is 1. The predicted molar refractivity (Wildman–Crippen MR) is 61.0 cm³/mol. The van der Waals surface area contributed by atoms with Crippen LogP contribution in [-0.4, -0.2) is 19.9 Å². The summed E-state index contributed by atoms with van der Waals surface area (Å²) in [5, 5.41) is 0.343. The van der Waals surface area contributed by atoms with Crippen molar-refractivity contribution in [2.24, 2.45) is 0 Å². The van der Waals surface area contributed by atoms with E-state index in [1.165, 1.54) is 0 Å². The van der Waals surface area contributed by atoms with Gasteiger partial charge in [-0.3, -0.25) is 0 Å². The summed E-state index contributed by atoms with van der Waals surface area (Å²) in [6.07, 6.45) is 4.11. The van der Waals surface area contributed by atoms with Crippen molar-refractivity contribution in [3.63, 3.8) is 0 Å². The molecule has 0 aromatic carbocycles. The number of halogens is 1. The highest BCUT2D eigenvalue weighted by Crippen LogP contribution is 2.11. The average Bonchev–Trinajstić information content (AvgIpc) is 2.20. The van der Waals surface area contributed by atoms with E-state index in [4.69, 9.17) is 17.3 Å². The van der Waals surface area contributed by atoms with Crippen molar-refractivity contribution < 1.29 is 0 Å². The lowest BCUT2D eigenvalue weighted by Crippen LogP contribution is -2.01. The summed E-state index contributed by atoms with van der Waals surface area (Å²) >= 11 is 5.78. The van der Waals surface area contributed by atoms with E-state index in [9.17, 15) is 0 Å². The van der Waals surface area contributed by atoms with Gasteiger partial charge < -0.3 is 5.73 Å². The van der Waals surface area contributed by atoms with E-state index >= 15 is 0 Å². The van der Waals surface area contributed by atoms with Crippen molar-refractivity contribution >= 4 is 17.5 Å². The van der Waals surface area contributed by atoms with Crippen LogP contribution in [-0.2, 0) is 6.42 Å². The molecule has 0 aliphatic rings. The fourth-order valence-corrected chi connectivity index (χ4v) is 1.51. The van der Waals surface area contributed by atoms with Gasteiger partial charge in [0.05, 0.1) is 5.69 Å². The Morgan fingerprint density at radius 1 is 1.25 bits per heavy atom. The third-order valence-corrected chi connectivity index (χ3v) is 2.18. The van der Waals surface area contributed by atoms with Crippen LogP contribution in [0.4, 0.5) is 5.95 Å². The molecule has 0 saturated carbocycles. The van der Waals surface area contributed by atoms with Crippen LogP contribution in [0.1, 0.15) is 17.1 Å². The number of nitrogens with two attached hydrogens (primary N) is 1. The maximum absolute atomic E-state index is 5.78. The molecule has 2 N–H and O–H groups in total. The Morgan fingerprint density at radius 2 is 1.94 bits per heavy atom. The lowest BCUT2D eigenvalue weighted by molar-refractivity contribution is 0.975. The predicted octanol–water partition coefficient (Wildman–Crippen LogP) is 1.40. The third-order valence-electron chi connectivity index (χ3n) is 1.98. The molecule has 0 aliphatic carbocycles. The van der Waals surface area contributed by atoms with Crippen LogP contribution in [0, 0.1) is 6.92 Å². The number of hydrogen-bond donors (Lipinski definition) is 1. The van der Waals surface area contributed by atoms with Crippen molar-refractivity contribution in [1.29, 1.82) is 0 Å². The zero-order chi connectivity index (χ0) is 11.5. The summed E-state index contributed by atoms with van der Waals surface area (Å²) in [6, 6.07) is 1.68. The van der Waals surface area contributed by atoms with E-state index in [2.05, 4.69) is 19.9 Å². The molecule has 0 fully saturated rings. The van der Waals surface area contributed by atoms with Gasteiger partial charge in [-0.1, -0.05) is 11.6 Å². The van der Waals surface area contributed by atoms with E-state index in [0.29, 0.717) is 11.6 Å². The quantitative estimate of drug-likeness (QED) is 0.797. The molecule has 0 atom stereocenters. The highest BCUT2D eigenvalue weighted by atomic mass is 35.5. The summed E-state index contributed by atoms with van der Waals surface area (Å²) in [6.45, 7) is 1.84. The highest BCUT2D eigenvalue weighted by Gasteiger charge is 2.02. The van der Waals surface area contributed by atoms with Crippen molar-refractivity contribution in [3.8, 4) is 0 Å². The van der Waals surface area contributed by atoms with Gasteiger partial charge in [0.2, 0.25) is 5.95 Å². The summed E-state index contributed by atoms with van der Waals surface area (Å²) in [7, 11) is 0. The van der Waals surface area contributed by atoms with Crippen molar-refractivity contribution in [2.45, 2.75) is 13.3 Å².